The van der Waals surface area contributed by atoms with E-state index in [0.29, 0.717) is 5.56 Å². The van der Waals surface area contributed by atoms with Crippen molar-refractivity contribution in [3.8, 4) is 5.75 Å². The van der Waals surface area contributed by atoms with Crippen molar-refractivity contribution in [2.24, 2.45) is 0 Å². The summed E-state index contributed by atoms with van der Waals surface area (Å²) in [7, 11) is 0. The number of benzene rings is 1. The van der Waals surface area contributed by atoms with Gasteiger partial charge in [-0.3, -0.25) is 10.1 Å². The second kappa shape index (κ2) is 5.64. The molecule has 1 rings (SSSR count). The first-order valence-corrected chi connectivity index (χ1v) is 4.85. The lowest BCUT2D eigenvalue weighted by molar-refractivity contribution is -0.398. The Kier molecular flexibility index (Phi) is 4.21. The van der Waals surface area contributed by atoms with Crippen LogP contribution < -0.4 is 5.11 Å². The fourth-order valence-electron chi connectivity index (χ4n) is 1.14. The molecule has 0 aliphatic rings. The van der Waals surface area contributed by atoms with Crippen molar-refractivity contribution in [2.45, 2.75) is 6.92 Å². The number of carbonyl (C=O) groups is 1. The van der Waals surface area contributed by atoms with Crippen LogP contribution in [0, 0.1) is 10.1 Å². The third-order valence-corrected chi connectivity index (χ3v) is 1.88. The predicted molar refractivity (Wildman–Crippen MR) is 58.2 cm³/mol. The van der Waals surface area contributed by atoms with Gasteiger partial charge in [0, 0.05) is 12.1 Å². The third kappa shape index (κ3) is 3.60. The summed E-state index contributed by atoms with van der Waals surface area (Å²) < 4.78 is 4.64. The number of rotatable bonds is 4. The minimum absolute atomic E-state index is 0.253. The molecule has 0 aliphatic heterocycles. The van der Waals surface area contributed by atoms with Crippen LogP contribution in [-0.2, 0) is 9.53 Å². The van der Waals surface area contributed by atoms with E-state index in [-0.39, 0.29) is 6.61 Å². The van der Waals surface area contributed by atoms with E-state index in [1.165, 1.54) is 12.1 Å². The third-order valence-electron chi connectivity index (χ3n) is 1.88. The SMILES string of the molecule is CCOC(=O)/C=C/c1ccc([O-])c([N+](=O)[O-])c1. The van der Waals surface area contributed by atoms with E-state index in [4.69, 9.17) is 0 Å². The van der Waals surface area contributed by atoms with Crippen LogP contribution >= 0.6 is 0 Å². The number of ether oxygens (including phenoxy) is 1. The highest BCUT2D eigenvalue weighted by molar-refractivity contribution is 5.87. The van der Waals surface area contributed by atoms with Gasteiger partial charge in [0.05, 0.1) is 11.5 Å². The molecule has 90 valence electrons. The molecule has 0 atom stereocenters. The molecule has 1 aromatic rings. The van der Waals surface area contributed by atoms with Crippen molar-refractivity contribution in [3.05, 3.63) is 40.0 Å². The van der Waals surface area contributed by atoms with E-state index in [9.17, 15) is 20.0 Å². The van der Waals surface area contributed by atoms with E-state index < -0.39 is 22.3 Å². The fraction of sp³-hybridized carbons (Fsp3) is 0.182. The maximum Gasteiger partial charge on any atom is 0.330 e. The van der Waals surface area contributed by atoms with Gasteiger partial charge in [-0.05, 0) is 24.3 Å². The van der Waals surface area contributed by atoms with Gasteiger partial charge >= 0.3 is 5.97 Å². The number of esters is 1. The summed E-state index contributed by atoms with van der Waals surface area (Å²) in [6.45, 7) is 1.92. The molecule has 6 heteroatoms. The summed E-state index contributed by atoms with van der Waals surface area (Å²) in [4.78, 5) is 20.7. The summed E-state index contributed by atoms with van der Waals surface area (Å²) in [5.41, 5.74) is -0.125. The molecule has 0 heterocycles. The maximum absolute atomic E-state index is 11.1. The smallest absolute Gasteiger partial charge is 0.330 e. The zero-order valence-corrected chi connectivity index (χ0v) is 9.08. The number of nitro benzene ring substituents is 1. The summed E-state index contributed by atoms with van der Waals surface area (Å²) in [5, 5.41) is 21.6. The van der Waals surface area contributed by atoms with Gasteiger partial charge in [0.2, 0.25) is 0 Å². The molecule has 0 radical (unpaired) electrons. The lowest BCUT2D eigenvalue weighted by Gasteiger charge is -2.06. The lowest BCUT2D eigenvalue weighted by atomic mass is 10.2. The van der Waals surface area contributed by atoms with Gasteiger partial charge < -0.3 is 9.84 Å². The predicted octanol–water partition coefficient (Wildman–Crippen LogP) is 1.24. The van der Waals surface area contributed by atoms with Crippen molar-refractivity contribution in [1.82, 2.24) is 0 Å². The Morgan fingerprint density at radius 1 is 1.53 bits per heavy atom. The Hall–Kier alpha value is -2.37. The number of nitro groups is 1. The van der Waals surface area contributed by atoms with Crippen LogP contribution in [0.2, 0.25) is 0 Å². The Morgan fingerprint density at radius 2 is 2.24 bits per heavy atom. The molecule has 0 N–H and O–H groups in total. The molecule has 0 saturated carbocycles. The first-order valence-electron chi connectivity index (χ1n) is 4.85. The van der Waals surface area contributed by atoms with Crippen LogP contribution in [0.4, 0.5) is 5.69 Å². The zero-order chi connectivity index (χ0) is 12.8. The van der Waals surface area contributed by atoms with E-state index in [2.05, 4.69) is 4.74 Å². The highest BCUT2D eigenvalue weighted by Crippen LogP contribution is 2.24. The fourth-order valence-corrected chi connectivity index (χ4v) is 1.14. The molecule has 0 unspecified atom stereocenters. The Balaban J connectivity index is 2.89. The second-order valence-corrected chi connectivity index (χ2v) is 3.07. The normalized spacial score (nSPS) is 10.4. The molecule has 0 aromatic heterocycles. The molecule has 0 bridgehead atoms. The van der Waals surface area contributed by atoms with Crippen LogP contribution in [0.3, 0.4) is 0 Å². The number of hydrogen-bond acceptors (Lipinski definition) is 5. The Bertz CT molecular complexity index is 467. The molecule has 0 aliphatic carbocycles. The molecule has 0 fully saturated rings. The van der Waals surface area contributed by atoms with Gasteiger partial charge in [0.25, 0.3) is 5.69 Å². The van der Waals surface area contributed by atoms with Crippen molar-refractivity contribution >= 4 is 17.7 Å². The van der Waals surface area contributed by atoms with Crippen LogP contribution in [0.15, 0.2) is 24.3 Å². The number of nitrogens with zero attached hydrogens (tertiary/aromatic N) is 1. The zero-order valence-electron chi connectivity index (χ0n) is 9.08. The van der Waals surface area contributed by atoms with Crippen molar-refractivity contribution in [2.75, 3.05) is 6.61 Å². The largest absolute Gasteiger partial charge is 0.868 e. The van der Waals surface area contributed by atoms with Crippen LogP contribution in [0.5, 0.6) is 5.75 Å². The van der Waals surface area contributed by atoms with Gasteiger partial charge in [-0.25, -0.2) is 4.79 Å². The van der Waals surface area contributed by atoms with Crippen molar-refractivity contribution in [3.63, 3.8) is 0 Å². The quantitative estimate of drug-likeness (QED) is 0.339. The Morgan fingerprint density at radius 3 is 2.82 bits per heavy atom. The Labute approximate surface area is 97.3 Å². The first-order chi connectivity index (χ1) is 8.04. The summed E-state index contributed by atoms with van der Waals surface area (Å²) in [6.07, 6.45) is 2.50. The molecule has 17 heavy (non-hydrogen) atoms. The topological polar surface area (TPSA) is 92.5 Å². The molecular formula is C11H10NO5-. The van der Waals surface area contributed by atoms with Gasteiger partial charge in [-0.1, -0.05) is 12.1 Å². The lowest BCUT2D eigenvalue weighted by Crippen LogP contribution is -1.99. The summed E-state index contributed by atoms with van der Waals surface area (Å²) in [6, 6.07) is 3.59. The monoisotopic (exact) mass is 236 g/mol. The van der Waals surface area contributed by atoms with Gasteiger partial charge in [-0.15, -0.1) is 0 Å². The van der Waals surface area contributed by atoms with E-state index in [1.54, 1.807) is 6.92 Å². The molecular weight excluding hydrogens is 226 g/mol. The second-order valence-electron chi connectivity index (χ2n) is 3.07. The van der Waals surface area contributed by atoms with E-state index in [0.717, 1.165) is 18.2 Å². The first kappa shape index (κ1) is 12.7. The molecule has 0 spiro atoms. The summed E-state index contributed by atoms with van der Waals surface area (Å²) in [5.74, 6) is -1.20. The van der Waals surface area contributed by atoms with E-state index >= 15 is 0 Å². The van der Waals surface area contributed by atoms with Gasteiger partial charge in [0.1, 0.15) is 0 Å². The van der Waals surface area contributed by atoms with Crippen molar-refractivity contribution in [1.29, 1.82) is 0 Å². The van der Waals surface area contributed by atoms with Gasteiger partial charge in [0.15, 0.2) is 0 Å². The molecule has 0 saturated heterocycles. The highest BCUT2D eigenvalue weighted by Gasteiger charge is 2.06. The average molecular weight is 236 g/mol. The van der Waals surface area contributed by atoms with Gasteiger partial charge in [-0.2, -0.15) is 0 Å². The number of carbonyl (C=O) groups excluding carboxylic acids is 1. The van der Waals surface area contributed by atoms with E-state index in [1.807, 2.05) is 0 Å². The van der Waals surface area contributed by atoms with Crippen LogP contribution in [0.25, 0.3) is 6.08 Å². The minimum Gasteiger partial charge on any atom is -0.868 e. The molecule has 1 aromatic carbocycles. The average Bonchev–Trinajstić information content (AvgIpc) is 2.28. The maximum atomic E-state index is 11.1. The molecule has 6 nitrogen and oxygen atoms in total. The summed E-state index contributed by atoms with van der Waals surface area (Å²) >= 11 is 0. The highest BCUT2D eigenvalue weighted by atomic mass is 16.6. The van der Waals surface area contributed by atoms with Crippen molar-refractivity contribution < 1.29 is 19.6 Å². The van der Waals surface area contributed by atoms with Crippen LogP contribution in [-0.4, -0.2) is 17.5 Å². The standard InChI is InChI=1S/C11H11NO5/c1-2-17-11(14)6-4-8-3-5-10(13)9(7-8)12(15)16/h3-7,13H,2H2,1H3/p-1/b6-4+. The number of hydrogen-bond donors (Lipinski definition) is 0. The molecule has 0 amide bonds. The minimum atomic E-state index is -0.760. The van der Waals surface area contributed by atoms with Crippen LogP contribution in [0.1, 0.15) is 12.5 Å².